The second-order valence-electron chi connectivity index (χ2n) is 8.28. The third-order valence-electron chi connectivity index (χ3n) is 5.51. The van der Waals surface area contributed by atoms with Crippen LogP contribution in [-0.4, -0.2) is 27.1 Å². The van der Waals surface area contributed by atoms with Crippen LogP contribution in [0.3, 0.4) is 0 Å². The molecular formula is C26H30N2O3S. The highest BCUT2D eigenvalue weighted by atomic mass is 32.2. The van der Waals surface area contributed by atoms with Crippen molar-refractivity contribution in [3.63, 3.8) is 0 Å². The number of benzene rings is 3. The molecule has 0 heterocycles. The molecule has 1 amide bonds. The summed E-state index contributed by atoms with van der Waals surface area (Å²) in [5, 5.41) is 2.98. The average molecular weight is 451 g/mol. The molecule has 3 aromatic rings. The summed E-state index contributed by atoms with van der Waals surface area (Å²) in [5.41, 5.74) is 5.09. The Morgan fingerprint density at radius 2 is 1.62 bits per heavy atom. The summed E-state index contributed by atoms with van der Waals surface area (Å²) < 4.78 is 26.4. The monoisotopic (exact) mass is 450 g/mol. The van der Waals surface area contributed by atoms with Crippen LogP contribution in [0.5, 0.6) is 0 Å². The lowest BCUT2D eigenvalue weighted by Crippen LogP contribution is -2.30. The number of nitrogens with one attached hydrogen (secondary N) is 1. The number of anilines is 1. The van der Waals surface area contributed by atoms with Gasteiger partial charge in [0.15, 0.2) is 0 Å². The minimum Gasteiger partial charge on any atom is -0.351 e. The minimum absolute atomic E-state index is 0.145. The summed E-state index contributed by atoms with van der Waals surface area (Å²) in [5.74, 6) is 0.0640. The van der Waals surface area contributed by atoms with Gasteiger partial charge < -0.3 is 5.32 Å². The molecule has 0 aliphatic heterocycles. The summed E-state index contributed by atoms with van der Waals surface area (Å²) in [6.45, 7) is 6.66. The number of hydrogen-bond acceptors (Lipinski definition) is 3. The normalized spacial score (nSPS) is 12.2. The van der Waals surface area contributed by atoms with Crippen LogP contribution >= 0.6 is 0 Å². The van der Waals surface area contributed by atoms with Crippen LogP contribution in [-0.2, 0) is 16.6 Å². The van der Waals surface area contributed by atoms with Crippen LogP contribution in [0.15, 0.2) is 72.8 Å². The molecule has 0 aromatic heterocycles. The molecular weight excluding hydrogens is 420 g/mol. The predicted molar refractivity (Wildman–Crippen MR) is 131 cm³/mol. The Balaban J connectivity index is 1.70. The lowest BCUT2D eigenvalue weighted by Gasteiger charge is -2.25. The van der Waals surface area contributed by atoms with E-state index in [1.54, 1.807) is 24.3 Å². The van der Waals surface area contributed by atoms with Gasteiger partial charge in [0.2, 0.25) is 10.0 Å². The molecule has 6 heteroatoms. The van der Waals surface area contributed by atoms with Crippen molar-refractivity contribution < 1.29 is 13.2 Å². The van der Waals surface area contributed by atoms with E-state index in [0.29, 0.717) is 17.8 Å². The first-order valence-electron chi connectivity index (χ1n) is 10.6. The van der Waals surface area contributed by atoms with E-state index < -0.39 is 10.0 Å². The molecule has 5 nitrogen and oxygen atoms in total. The third kappa shape index (κ3) is 5.98. The van der Waals surface area contributed by atoms with Gasteiger partial charge in [-0.3, -0.25) is 9.10 Å². The maximum absolute atomic E-state index is 12.6. The quantitative estimate of drug-likeness (QED) is 0.536. The van der Waals surface area contributed by atoms with Crippen LogP contribution in [0, 0.1) is 13.8 Å². The van der Waals surface area contributed by atoms with Gasteiger partial charge in [0, 0.05) is 12.1 Å². The number of carbonyl (C=O) groups excluding carboxylic acids is 1. The van der Waals surface area contributed by atoms with E-state index in [9.17, 15) is 13.2 Å². The van der Waals surface area contributed by atoms with Crippen LogP contribution in [0.4, 0.5) is 5.69 Å². The van der Waals surface area contributed by atoms with Gasteiger partial charge in [-0.25, -0.2) is 8.42 Å². The van der Waals surface area contributed by atoms with E-state index in [4.69, 9.17) is 0 Å². The molecule has 0 fully saturated rings. The Labute approximate surface area is 191 Å². The molecule has 0 unspecified atom stereocenters. The first-order chi connectivity index (χ1) is 15.1. The number of aryl methyl sites for hydroxylation is 2. The molecule has 168 valence electrons. The van der Waals surface area contributed by atoms with Crippen LogP contribution < -0.4 is 9.62 Å². The van der Waals surface area contributed by atoms with Gasteiger partial charge in [0.1, 0.15) is 0 Å². The van der Waals surface area contributed by atoms with Gasteiger partial charge in [0.25, 0.3) is 5.91 Å². The third-order valence-corrected chi connectivity index (χ3v) is 6.64. The standard InChI is InChI=1S/C26H30N2O3S/c1-19-10-11-20(2)25(16-19)28(32(4,30)31)18-22-12-14-24(15-13-22)26(29)27-17-21(3)23-8-6-5-7-9-23/h5-16,21H,17-18H2,1-4H3,(H,27,29)/t21-/m1/s1. The summed E-state index contributed by atoms with van der Waals surface area (Å²) >= 11 is 0. The van der Waals surface area contributed by atoms with Gasteiger partial charge in [-0.15, -0.1) is 0 Å². The molecule has 1 N–H and O–H groups in total. The Kier molecular flexibility index (Phi) is 7.36. The van der Waals surface area contributed by atoms with Crippen molar-refractivity contribution in [1.29, 1.82) is 0 Å². The van der Waals surface area contributed by atoms with E-state index in [1.807, 2.05) is 50.2 Å². The summed E-state index contributed by atoms with van der Waals surface area (Å²) in [6.07, 6.45) is 1.21. The minimum atomic E-state index is -3.47. The van der Waals surface area contributed by atoms with Crippen molar-refractivity contribution in [2.45, 2.75) is 33.2 Å². The van der Waals surface area contributed by atoms with Gasteiger partial charge in [-0.05, 0) is 60.2 Å². The number of carbonyl (C=O) groups is 1. The second kappa shape index (κ2) is 10.0. The van der Waals surface area contributed by atoms with Gasteiger partial charge in [-0.2, -0.15) is 0 Å². The van der Waals surface area contributed by atoms with Crippen molar-refractivity contribution in [2.75, 3.05) is 17.1 Å². The van der Waals surface area contributed by atoms with E-state index in [0.717, 1.165) is 16.7 Å². The molecule has 0 saturated heterocycles. The van der Waals surface area contributed by atoms with E-state index >= 15 is 0 Å². The lowest BCUT2D eigenvalue weighted by molar-refractivity contribution is 0.0951. The fourth-order valence-electron chi connectivity index (χ4n) is 3.54. The lowest BCUT2D eigenvalue weighted by atomic mass is 10.0. The van der Waals surface area contributed by atoms with Crippen LogP contribution in [0.2, 0.25) is 0 Å². The Hall–Kier alpha value is -3.12. The maximum atomic E-state index is 12.6. The van der Waals surface area contributed by atoms with Crippen molar-refractivity contribution in [2.24, 2.45) is 0 Å². The molecule has 3 rings (SSSR count). The highest BCUT2D eigenvalue weighted by Crippen LogP contribution is 2.26. The van der Waals surface area contributed by atoms with E-state index in [2.05, 4.69) is 24.4 Å². The van der Waals surface area contributed by atoms with Gasteiger partial charge in [-0.1, -0.05) is 61.5 Å². The number of hydrogen-bond donors (Lipinski definition) is 1. The SMILES string of the molecule is Cc1ccc(C)c(N(Cc2ccc(C(=O)NC[C@@H](C)c3ccccc3)cc2)S(C)(=O)=O)c1. The molecule has 3 aromatic carbocycles. The number of rotatable bonds is 8. The van der Waals surface area contributed by atoms with Gasteiger partial charge in [0.05, 0.1) is 18.5 Å². The summed E-state index contributed by atoms with van der Waals surface area (Å²) in [7, 11) is -3.47. The number of sulfonamides is 1. The zero-order chi connectivity index (χ0) is 23.3. The first-order valence-corrected chi connectivity index (χ1v) is 12.5. The fraction of sp³-hybridized carbons (Fsp3) is 0.269. The predicted octanol–water partition coefficient (Wildman–Crippen LogP) is 4.80. The molecule has 0 radical (unpaired) electrons. The Morgan fingerprint density at radius 1 is 0.969 bits per heavy atom. The van der Waals surface area contributed by atoms with Crippen molar-refractivity contribution >= 4 is 21.6 Å². The van der Waals surface area contributed by atoms with Crippen molar-refractivity contribution in [1.82, 2.24) is 5.32 Å². The van der Waals surface area contributed by atoms with Crippen LogP contribution in [0.1, 0.15) is 45.5 Å². The Morgan fingerprint density at radius 3 is 2.25 bits per heavy atom. The molecule has 0 bridgehead atoms. The topological polar surface area (TPSA) is 66.5 Å². The molecule has 0 aliphatic carbocycles. The first kappa shape index (κ1) is 23.5. The van der Waals surface area contributed by atoms with Crippen LogP contribution in [0.25, 0.3) is 0 Å². The molecule has 1 atom stereocenters. The Bertz CT molecular complexity index is 1170. The zero-order valence-electron chi connectivity index (χ0n) is 19.0. The molecule has 0 aliphatic rings. The second-order valence-corrected chi connectivity index (χ2v) is 10.2. The summed E-state index contributed by atoms with van der Waals surface area (Å²) in [6, 6.07) is 22.9. The van der Waals surface area contributed by atoms with E-state index in [-0.39, 0.29) is 18.4 Å². The summed E-state index contributed by atoms with van der Waals surface area (Å²) in [4.78, 5) is 12.6. The smallest absolute Gasteiger partial charge is 0.251 e. The highest BCUT2D eigenvalue weighted by Gasteiger charge is 2.20. The molecule has 0 saturated carbocycles. The van der Waals surface area contributed by atoms with Gasteiger partial charge >= 0.3 is 0 Å². The number of amides is 1. The maximum Gasteiger partial charge on any atom is 0.251 e. The zero-order valence-corrected chi connectivity index (χ0v) is 19.8. The van der Waals surface area contributed by atoms with Crippen molar-refractivity contribution in [3.8, 4) is 0 Å². The van der Waals surface area contributed by atoms with Crippen molar-refractivity contribution in [3.05, 3.63) is 101 Å². The molecule has 32 heavy (non-hydrogen) atoms. The molecule has 0 spiro atoms. The van der Waals surface area contributed by atoms with E-state index in [1.165, 1.54) is 16.1 Å². The number of nitrogens with zero attached hydrogens (tertiary/aromatic N) is 1. The highest BCUT2D eigenvalue weighted by molar-refractivity contribution is 7.92. The largest absolute Gasteiger partial charge is 0.351 e. The fourth-order valence-corrected chi connectivity index (χ4v) is 4.48. The average Bonchev–Trinajstić information content (AvgIpc) is 2.77.